The van der Waals surface area contributed by atoms with Crippen molar-refractivity contribution in [3.05, 3.63) is 5.82 Å². The van der Waals surface area contributed by atoms with Crippen LogP contribution in [-0.4, -0.2) is 34.7 Å². The van der Waals surface area contributed by atoms with Gasteiger partial charge in [0.25, 0.3) is 0 Å². The molecule has 5 heteroatoms. The van der Waals surface area contributed by atoms with Crippen molar-refractivity contribution < 1.29 is 4.74 Å². The Labute approximate surface area is 125 Å². The highest BCUT2D eigenvalue weighted by atomic mass is 32.1. The third-order valence-corrected chi connectivity index (χ3v) is 5.15. The van der Waals surface area contributed by atoms with Crippen molar-refractivity contribution >= 4 is 16.7 Å². The summed E-state index contributed by atoms with van der Waals surface area (Å²) in [5.41, 5.74) is 0.0976. The molecule has 1 aliphatic carbocycles. The van der Waals surface area contributed by atoms with Crippen LogP contribution in [0.2, 0.25) is 0 Å². The molecule has 1 saturated heterocycles. The Kier molecular flexibility index (Phi) is 4.26. The van der Waals surface area contributed by atoms with E-state index in [1.807, 2.05) is 0 Å². The van der Waals surface area contributed by atoms with Gasteiger partial charge < -0.3 is 9.64 Å². The van der Waals surface area contributed by atoms with Crippen LogP contribution >= 0.6 is 11.5 Å². The molecular weight excluding hydrogens is 270 g/mol. The molecule has 0 aromatic carbocycles. The van der Waals surface area contributed by atoms with E-state index in [1.165, 1.54) is 32.1 Å². The highest BCUT2D eigenvalue weighted by Crippen LogP contribution is 2.36. The van der Waals surface area contributed by atoms with Crippen LogP contribution in [0.25, 0.3) is 0 Å². The largest absolute Gasteiger partial charge is 0.371 e. The van der Waals surface area contributed by atoms with E-state index in [-0.39, 0.29) is 5.60 Å². The molecule has 1 spiro atoms. The van der Waals surface area contributed by atoms with Gasteiger partial charge in [-0.1, -0.05) is 33.1 Å². The minimum Gasteiger partial charge on any atom is -0.371 e. The van der Waals surface area contributed by atoms with E-state index in [4.69, 9.17) is 9.72 Å². The normalized spacial score (nSPS) is 22.6. The number of anilines is 1. The van der Waals surface area contributed by atoms with E-state index < -0.39 is 0 Å². The van der Waals surface area contributed by atoms with E-state index in [0.29, 0.717) is 5.92 Å². The van der Waals surface area contributed by atoms with E-state index in [2.05, 4.69) is 23.1 Å². The third-order valence-electron chi connectivity index (χ3n) is 4.33. The van der Waals surface area contributed by atoms with E-state index >= 15 is 0 Å². The number of rotatable bonds is 3. The summed E-state index contributed by atoms with van der Waals surface area (Å²) < 4.78 is 10.7. The monoisotopic (exact) mass is 295 g/mol. The average molecular weight is 295 g/mol. The van der Waals surface area contributed by atoms with Crippen LogP contribution in [0.5, 0.6) is 0 Å². The Hall–Kier alpha value is -0.680. The number of nitrogens with zero attached hydrogens (tertiary/aromatic N) is 3. The van der Waals surface area contributed by atoms with Crippen LogP contribution in [0.3, 0.4) is 0 Å². The fraction of sp³-hybridized carbons (Fsp3) is 0.867. The van der Waals surface area contributed by atoms with E-state index in [9.17, 15) is 0 Å². The van der Waals surface area contributed by atoms with Crippen molar-refractivity contribution in [3.8, 4) is 0 Å². The van der Waals surface area contributed by atoms with E-state index in [1.54, 1.807) is 11.5 Å². The quantitative estimate of drug-likeness (QED) is 0.858. The van der Waals surface area contributed by atoms with Crippen molar-refractivity contribution in [1.29, 1.82) is 0 Å². The maximum atomic E-state index is 6.14. The molecule has 3 rings (SSSR count). The molecule has 1 aromatic heterocycles. The first-order chi connectivity index (χ1) is 9.67. The highest BCUT2D eigenvalue weighted by Gasteiger charge is 2.38. The first-order valence-electron chi connectivity index (χ1n) is 7.88. The van der Waals surface area contributed by atoms with Gasteiger partial charge in [-0.15, -0.1) is 0 Å². The Morgan fingerprint density at radius 2 is 2.10 bits per heavy atom. The Bertz CT molecular complexity index is 435. The molecule has 0 N–H and O–H groups in total. The number of ether oxygens (including phenoxy) is 1. The van der Waals surface area contributed by atoms with Crippen LogP contribution in [-0.2, 0) is 11.2 Å². The van der Waals surface area contributed by atoms with Crippen molar-refractivity contribution in [2.45, 2.75) is 58.0 Å². The molecule has 4 nitrogen and oxygen atoms in total. The number of hydrogen-bond acceptors (Lipinski definition) is 5. The average Bonchev–Trinajstić information content (AvgIpc) is 2.87. The smallest absolute Gasteiger partial charge is 0.205 e. The van der Waals surface area contributed by atoms with Crippen LogP contribution in [0.4, 0.5) is 5.13 Å². The first kappa shape index (κ1) is 14.3. The van der Waals surface area contributed by atoms with Crippen molar-refractivity contribution in [1.82, 2.24) is 9.36 Å². The Balaban J connectivity index is 1.68. The van der Waals surface area contributed by atoms with Gasteiger partial charge in [-0.2, -0.15) is 4.37 Å². The van der Waals surface area contributed by atoms with Gasteiger partial charge in [0.1, 0.15) is 5.82 Å². The molecule has 2 fully saturated rings. The fourth-order valence-corrected chi connectivity index (χ4v) is 4.05. The molecule has 0 radical (unpaired) electrons. The van der Waals surface area contributed by atoms with Crippen molar-refractivity contribution in [2.24, 2.45) is 5.92 Å². The minimum absolute atomic E-state index is 0.0976. The zero-order valence-corrected chi connectivity index (χ0v) is 13.4. The lowest BCUT2D eigenvalue weighted by molar-refractivity contribution is -0.0782. The lowest BCUT2D eigenvalue weighted by Crippen LogP contribution is -2.52. The first-order valence-corrected chi connectivity index (χ1v) is 8.66. The van der Waals surface area contributed by atoms with Gasteiger partial charge in [-0.3, -0.25) is 0 Å². The van der Waals surface area contributed by atoms with Gasteiger partial charge in [0.15, 0.2) is 0 Å². The van der Waals surface area contributed by atoms with Crippen LogP contribution in [0, 0.1) is 5.92 Å². The fourth-order valence-electron chi connectivity index (χ4n) is 3.33. The standard InChI is InChI=1S/C15H25N3OS/c1-12(2)10-13-16-14(20-17-13)18-8-9-19-15(11-18)6-4-3-5-7-15/h12H,3-11H2,1-2H3. The summed E-state index contributed by atoms with van der Waals surface area (Å²) in [5.74, 6) is 1.62. The third kappa shape index (κ3) is 3.14. The number of morpholine rings is 1. The summed E-state index contributed by atoms with van der Waals surface area (Å²) in [4.78, 5) is 7.13. The molecule has 2 aliphatic rings. The molecule has 1 aromatic rings. The number of aromatic nitrogens is 2. The molecule has 20 heavy (non-hydrogen) atoms. The zero-order chi connectivity index (χ0) is 14.0. The van der Waals surface area contributed by atoms with Crippen molar-refractivity contribution in [2.75, 3.05) is 24.6 Å². The zero-order valence-electron chi connectivity index (χ0n) is 12.6. The predicted molar refractivity (Wildman–Crippen MR) is 82.4 cm³/mol. The maximum absolute atomic E-state index is 6.14. The predicted octanol–water partition coefficient (Wildman–Crippen LogP) is 3.28. The summed E-state index contributed by atoms with van der Waals surface area (Å²) in [6.07, 6.45) is 7.38. The lowest BCUT2D eigenvalue weighted by Gasteiger charge is -2.44. The molecule has 0 bridgehead atoms. The Morgan fingerprint density at radius 1 is 1.30 bits per heavy atom. The summed E-state index contributed by atoms with van der Waals surface area (Å²) in [6.45, 7) is 7.22. The summed E-state index contributed by atoms with van der Waals surface area (Å²) in [7, 11) is 0. The molecule has 0 amide bonds. The Morgan fingerprint density at radius 3 is 2.85 bits per heavy atom. The highest BCUT2D eigenvalue weighted by molar-refractivity contribution is 7.09. The van der Waals surface area contributed by atoms with E-state index in [0.717, 1.165) is 37.1 Å². The summed E-state index contributed by atoms with van der Waals surface area (Å²) >= 11 is 1.55. The van der Waals surface area contributed by atoms with Crippen LogP contribution < -0.4 is 4.90 Å². The lowest BCUT2D eigenvalue weighted by atomic mass is 9.83. The SMILES string of the molecule is CC(C)Cc1nsc(N2CCOC3(CCCCC3)C2)n1. The second kappa shape index (κ2) is 5.98. The molecule has 2 heterocycles. The molecular formula is C15H25N3OS. The van der Waals surface area contributed by atoms with Gasteiger partial charge in [0.05, 0.1) is 12.2 Å². The van der Waals surface area contributed by atoms with Gasteiger partial charge >= 0.3 is 0 Å². The maximum Gasteiger partial charge on any atom is 0.205 e. The second-order valence-corrected chi connectivity index (χ2v) is 7.34. The van der Waals surface area contributed by atoms with Crippen molar-refractivity contribution in [3.63, 3.8) is 0 Å². The summed E-state index contributed by atoms with van der Waals surface area (Å²) in [5, 5.41) is 1.09. The molecule has 1 saturated carbocycles. The van der Waals surface area contributed by atoms with Crippen LogP contribution in [0.15, 0.2) is 0 Å². The molecule has 1 aliphatic heterocycles. The second-order valence-electron chi connectivity index (χ2n) is 6.60. The summed E-state index contributed by atoms with van der Waals surface area (Å²) in [6, 6.07) is 0. The van der Waals surface area contributed by atoms with Crippen LogP contribution in [0.1, 0.15) is 51.8 Å². The van der Waals surface area contributed by atoms with Gasteiger partial charge in [0, 0.05) is 31.0 Å². The van der Waals surface area contributed by atoms with Gasteiger partial charge in [-0.25, -0.2) is 4.98 Å². The van der Waals surface area contributed by atoms with Gasteiger partial charge in [-0.05, 0) is 18.8 Å². The molecule has 112 valence electrons. The topological polar surface area (TPSA) is 38.2 Å². The minimum atomic E-state index is 0.0976. The number of hydrogen-bond donors (Lipinski definition) is 0. The molecule has 0 atom stereocenters. The molecule has 0 unspecified atom stereocenters. The van der Waals surface area contributed by atoms with Gasteiger partial charge in [0.2, 0.25) is 5.13 Å².